The second-order valence-corrected chi connectivity index (χ2v) is 5.27. The third-order valence-electron chi connectivity index (χ3n) is 2.59. The van der Waals surface area contributed by atoms with Crippen LogP contribution in [0.1, 0.15) is 10.4 Å². The molecule has 0 heterocycles. The number of nitro benzene ring substituents is 1. The van der Waals surface area contributed by atoms with Crippen LogP contribution >= 0.6 is 27.5 Å². The van der Waals surface area contributed by atoms with E-state index in [1.807, 2.05) is 0 Å². The number of non-ortho nitro benzene ring substituents is 1. The monoisotopic (exact) mass is 372 g/mol. The molecule has 2 rings (SSSR count). The highest BCUT2D eigenvalue weighted by molar-refractivity contribution is 9.10. The lowest BCUT2D eigenvalue weighted by atomic mass is 10.2. The van der Waals surface area contributed by atoms with Crippen molar-refractivity contribution in [3.8, 4) is 0 Å². The first-order chi connectivity index (χ1) is 9.88. The van der Waals surface area contributed by atoms with Gasteiger partial charge in [0.25, 0.3) is 11.6 Å². The molecule has 5 nitrogen and oxygen atoms in total. The summed E-state index contributed by atoms with van der Waals surface area (Å²) in [5.74, 6) is -1.37. The highest BCUT2D eigenvalue weighted by atomic mass is 79.9. The number of carbonyl (C=O) groups excluding carboxylic acids is 1. The third kappa shape index (κ3) is 3.56. The molecule has 21 heavy (non-hydrogen) atoms. The van der Waals surface area contributed by atoms with E-state index < -0.39 is 16.6 Å². The molecule has 0 aliphatic rings. The molecule has 108 valence electrons. The molecule has 0 unspecified atom stereocenters. The maximum absolute atomic E-state index is 13.6. The van der Waals surface area contributed by atoms with E-state index in [0.717, 1.165) is 18.2 Å². The summed E-state index contributed by atoms with van der Waals surface area (Å²) < 4.78 is 14.1. The molecule has 0 saturated heterocycles. The van der Waals surface area contributed by atoms with Crippen LogP contribution in [0, 0.1) is 15.9 Å². The first-order valence-electron chi connectivity index (χ1n) is 5.59. The van der Waals surface area contributed by atoms with Crippen molar-refractivity contribution >= 4 is 44.8 Å². The Morgan fingerprint density at radius 2 is 2.00 bits per heavy atom. The summed E-state index contributed by atoms with van der Waals surface area (Å²) in [5, 5.41) is 13.4. The molecule has 2 aromatic carbocycles. The molecule has 1 N–H and O–H groups in total. The minimum absolute atomic E-state index is 0.234. The number of nitrogens with zero attached hydrogens (tertiary/aromatic N) is 1. The lowest BCUT2D eigenvalue weighted by molar-refractivity contribution is -0.384. The number of hydrogen-bond donors (Lipinski definition) is 1. The first kappa shape index (κ1) is 15.4. The predicted octanol–water partition coefficient (Wildman–Crippen LogP) is 4.40. The molecular weight excluding hydrogens is 367 g/mol. The lowest BCUT2D eigenvalue weighted by Crippen LogP contribution is -2.13. The summed E-state index contributed by atoms with van der Waals surface area (Å²) in [6.45, 7) is 0. The van der Waals surface area contributed by atoms with Crippen LogP contribution < -0.4 is 5.32 Å². The minimum atomic E-state index is -0.762. The Morgan fingerprint density at radius 3 is 2.62 bits per heavy atom. The largest absolute Gasteiger partial charge is 0.319 e. The van der Waals surface area contributed by atoms with Crippen molar-refractivity contribution in [2.24, 2.45) is 0 Å². The van der Waals surface area contributed by atoms with E-state index in [-0.39, 0.29) is 16.9 Å². The van der Waals surface area contributed by atoms with Crippen molar-refractivity contribution in [3.05, 3.63) is 67.4 Å². The van der Waals surface area contributed by atoms with E-state index in [1.54, 1.807) is 0 Å². The predicted molar refractivity (Wildman–Crippen MR) is 80.2 cm³/mol. The molecule has 0 bridgehead atoms. The van der Waals surface area contributed by atoms with E-state index in [0.29, 0.717) is 9.50 Å². The fraction of sp³-hybridized carbons (Fsp3) is 0. The molecule has 1 amide bonds. The van der Waals surface area contributed by atoms with Crippen molar-refractivity contribution in [1.29, 1.82) is 0 Å². The van der Waals surface area contributed by atoms with Gasteiger partial charge < -0.3 is 5.32 Å². The smallest absolute Gasteiger partial charge is 0.271 e. The van der Waals surface area contributed by atoms with Crippen LogP contribution in [0.15, 0.2) is 40.9 Å². The van der Waals surface area contributed by atoms with E-state index in [4.69, 9.17) is 11.6 Å². The zero-order chi connectivity index (χ0) is 15.6. The van der Waals surface area contributed by atoms with Gasteiger partial charge in [-0.05, 0) is 40.2 Å². The standard InChI is InChI=1S/C13H7BrClFN2O3/c14-9-5-7(1-3-10(9)15)13(19)17-12-6-8(18(20)21)2-4-11(12)16/h1-6H,(H,17,19). The highest BCUT2D eigenvalue weighted by Gasteiger charge is 2.14. The third-order valence-corrected chi connectivity index (χ3v) is 3.80. The quantitative estimate of drug-likeness (QED) is 0.640. The van der Waals surface area contributed by atoms with Gasteiger partial charge in [0.05, 0.1) is 15.6 Å². The average Bonchev–Trinajstić information content (AvgIpc) is 2.43. The normalized spacial score (nSPS) is 10.2. The average molecular weight is 374 g/mol. The molecule has 0 aromatic heterocycles. The van der Waals surface area contributed by atoms with Crippen LogP contribution in [-0.2, 0) is 0 Å². The molecule has 0 saturated carbocycles. The van der Waals surface area contributed by atoms with Crippen LogP contribution in [0.3, 0.4) is 0 Å². The van der Waals surface area contributed by atoms with Gasteiger partial charge in [0.15, 0.2) is 0 Å². The van der Waals surface area contributed by atoms with E-state index >= 15 is 0 Å². The van der Waals surface area contributed by atoms with Gasteiger partial charge in [-0.2, -0.15) is 0 Å². The maximum atomic E-state index is 13.6. The Bertz CT molecular complexity index is 739. The van der Waals surface area contributed by atoms with Crippen molar-refractivity contribution in [2.45, 2.75) is 0 Å². The second kappa shape index (κ2) is 6.19. The number of hydrogen-bond acceptors (Lipinski definition) is 3. The van der Waals surface area contributed by atoms with Gasteiger partial charge in [0.1, 0.15) is 5.82 Å². The van der Waals surface area contributed by atoms with Gasteiger partial charge in [-0.25, -0.2) is 4.39 Å². The molecule has 8 heteroatoms. The molecule has 0 radical (unpaired) electrons. The molecule has 0 aliphatic heterocycles. The Balaban J connectivity index is 2.28. The van der Waals surface area contributed by atoms with Crippen LogP contribution in [0.2, 0.25) is 5.02 Å². The van der Waals surface area contributed by atoms with Gasteiger partial charge in [-0.1, -0.05) is 11.6 Å². The van der Waals surface area contributed by atoms with Crippen LogP contribution in [0.25, 0.3) is 0 Å². The van der Waals surface area contributed by atoms with Gasteiger partial charge in [-0.15, -0.1) is 0 Å². The minimum Gasteiger partial charge on any atom is -0.319 e. The molecule has 0 aliphatic carbocycles. The number of rotatable bonds is 3. The topological polar surface area (TPSA) is 72.2 Å². The van der Waals surface area contributed by atoms with Crippen LogP contribution in [-0.4, -0.2) is 10.8 Å². The summed E-state index contributed by atoms with van der Waals surface area (Å²) in [7, 11) is 0. The summed E-state index contributed by atoms with van der Waals surface area (Å²) in [6.07, 6.45) is 0. The first-order valence-corrected chi connectivity index (χ1v) is 6.76. The van der Waals surface area contributed by atoms with Crippen LogP contribution in [0.5, 0.6) is 0 Å². The number of halogens is 3. The van der Waals surface area contributed by atoms with Gasteiger partial charge in [0, 0.05) is 22.2 Å². The maximum Gasteiger partial charge on any atom is 0.271 e. The highest BCUT2D eigenvalue weighted by Crippen LogP contribution is 2.25. The Morgan fingerprint density at radius 1 is 1.29 bits per heavy atom. The summed E-state index contributed by atoms with van der Waals surface area (Å²) in [6, 6.07) is 7.32. The number of carbonyl (C=O) groups is 1. The lowest BCUT2D eigenvalue weighted by Gasteiger charge is -2.07. The van der Waals surface area contributed by atoms with E-state index in [2.05, 4.69) is 21.2 Å². The van der Waals surface area contributed by atoms with Crippen LogP contribution in [0.4, 0.5) is 15.8 Å². The zero-order valence-electron chi connectivity index (χ0n) is 10.3. The Hall–Kier alpha value is -1.99. The van der Waals surface area contributed by atoms with Gasteiger partial charge >= 0.3 is 0 Å². The van der Waals surface area contributed by atoms with E-state index in [1.165, 1.54) is 18.2 Å². The molecule has 0 fully saturated rings. The fourth-order valence-electron chi connectivity index (χ4n) is 1.55. The van der Waals surface area contributed by atoms with Crippen molar-refractivity contribution in [3.63, 3.8) is 0 Å². The van der Waals surface area contributed by atoms with Crippen molar-refractivity contribution in [1.82, 2.24) is 0 Å². The summed E-state index contributed by atoms with van der Waals surface area (Å²) in [5.41, 5.74) is -0.346. The number of anilines is 1. The second-order valence-electron chi connectivity index (χ2n) is 4.00. The Kier molecular flexibility index (Phi) is 4.54. The SMILES string of the molecule is O=C(Nc1cc([N+](=O)[O-])ccc1F)c1ccc(Cl)c(Br)c1. The summed E-state index contributed by atoms with van der Waals surface area (Å²) in [4.78, 5) is 22.0. The van der Waals surface area contributed by atoms with Crippen molar-refractivity contribution < 1.29 is 14.1 Å². The van der Waals surface area contributed by atoms with E-state index in [9.17, 15) is 19.3 Å². The fourth-order valence-corrected chi connectivity index (χ4v) is 2.05. The van der Waals surface area contributed by atoms with Gasteiger partial charge in [0.2, 0.25) is 0 Å². The number of nitrogens with one attached hydrogen (secondary N) is 1. The Labute approximate surface area is 132 Å². The van der Waals surface area contributed by atoms with Gasteiger partial charge in [-0.3, -0.25) is 14.9 Å². The molecular formula is C13H7BrClFN2O3. The summed E-state index contributed by atoms with van der Waals surface area (Å²) >= 11 is 8.98. The number of amides is 1. The number of nitro groups is 1. The number of benzene rings is 2. The molecule has 0 atom stereocenters. The molecule has 0 spiro atoms. The van der Waals surface area contributed by atoms with Crippen molar-refractivity contribution in [2.75, 3.05) is 5.32 Å². The zero-order valence-corrected chi connectivity index (χ0v) is 12.6. The molecule has 2 aromatic rings.